The van der Waals surface area contributed by atoms with Crippen LogP contribution in [0.5, 0.6) is 0 Å². The molecular formula is C13H18ClN3O5. The molecule has 2 aliphatic rings. The van der Waals surface area contributed by atoms with E-state index in [4.69, 9.17) is 15.2 Å². The van der Waals surface area contributed by atoms with E-state index in [-0.39, 0.29) is 50.0 Å². The van der Waals surface area contributed by atoms with Gasteiger partial charge in [-0.2, -0.15) is 0 Å². The van der Waals surface area contributed by atoms with E-state index >= 15 is 0 Å². The van der Waals surface area contributed by atoms with Gasteiger partial charge in [-0.25, -0.2) is 19.6 Å². The van der Waals surface area contributed by atoms with Gasteiger partial charge in [-0.15, -0.1) is 12.4 Å². The summed E-state index contributed by atoms with van der Waals surface area (Å²) in [6.07, 6.45) is 1.40. The smallest absolute Gasteiger partial charge is 0.357 e. The van der Waals surface area contributed by atoms with E-state index in [0.717, 1.165) is 5.01 Å². The van der Waals surface area contributed by atoms with Crippen molar-refractivity contribution < 1.29 is 23.9 Å². The van der Waals surface area contributed by atoms with Crippen LogP contribution in [0.15, 0.2) is 23.9 Å². The van der Waals surface area contributed by atoms with Crippen LogP contribution in [0.25, 0.3) is 0 Å². The Morgan fingerprint density at radius 2 is 2.09 bits per heavy atom. The molecule has 0 radical (unpaired) electrons. The number of hydrogen-bond acceptors (Lipinski definition) is 7. The number of carbonyl (C=O) groups is 3. The van der Waals surface area contributed by atoms with Crippen LogP contribution in [-0.2, 0) is 23.9 Å². The summed E-state index contributed by atoms with van der Waals surface area (Å²) in [5, 5.41) is 2.64. The average Bonchev–Trinajstić information content (AvgIpc) is 2.94. The first kappa shape index (κ1) is 18.1. The Hall–Kier alpha value is -1.90. The van der Waals surface area contributed by atoms with Gasteiger partial charge in [0.1, 0.15) is 12.6 Å². The number of fused-ring (bicyclic) bond motifs is 1. The number of ether oxygens (including phenoxy) is 2. The minimum absolute atomic E-state index is 0. The van der Waals surface area contributed by atoms with Crippen molar-refractivity contribution in [3.63, 3.8) is 0 Å². The topological polar surface area (TPSA) is 102 Å². The standard InChI is InChI=1S/C13H17N3O5.ClH/c1-3-5-21-13(19)10-8(12(18)20-4-2)6-15-7-9(14)11(17)16(10)15;/h3,9H,1,4-7,14H2,2H3;1H. The molecule has 9 heteroatoms. The summed E-state index contributed by atoms with van der Waals surface area (Å²) in [6, 6.07) is -0.726. The zero-order valence-electron chi connectivity index (χ0n) is 12.1. The quantitative estimate of drug-likeness (QED) is 0.527. The summed E-state index contributed by atoms with van der Waals surface area (Å²) in [6.45, 7) is 5.58. The van der Waals surface area contributed by atoms with Crippen LogP contribution in [0.2, 0.25) is 0 Å². The minimum atomic E-state index is -0.775. The molecule has 0 aromatic rings. The average molecular weight is 332 g/mol. The number of esters is 2. The summed E-state index contributed by atoms with van der Waals surface area (Å²) >= 11 is 0. The fourth-order valence-corrected chi connectivity index (χ4v) is 2.25. The van der Waals surface area contributed by atoms with Gasteiger partial charge >= 0.3 is 11.9 Å². The molecule has 1 atom stereocenters. The summed E-state index contributed by atoms with van der Waals surface area (Å²) in [4.78, 5) is 36.1. The number of hydrazine groups is 1. The first-order chi connectivity index (χ1) is 10.0. The summed E-state index contributed by atoms with van der Waals surface area (Å²) in [7, 11) is 0. The minimum Gasteiger partial charge on any atom is -0.463 e. The molecule has 2 aliphatic heterocycles. The Kier molecular flexibility index (Phi) is 6.10. The van der Waals surface area contributed by atoms with E-state index in [1.807, 2.05) is 0 Å². The van der Waals surface area contributed by atoms with Gasteiger partial charge in [0.2, 0.25) is 0 Å². The molecule has 1 fully saturated rings. The Morgan fingerprint density at radius 1 is 1.41 bits per heavy atom. The highest BCUT2D eigenvalue weighted by atomic mass is 35.5. The number of rotatable bonds is 5. The lowest BCUT2D eigenvalue weighted by molar-refractivity contribution is -0.146. The highest BCUT2D eigenvalue weighted by Gasteiger charge is 2.48. The molecule has 0 bridgehead atoms. The van der Waals surface area contributed by atoms with Crippen molar-refractivity contribution in [1.82, 2.24) is 10.0 Å². The van der Waals surface area contributed by atoms with Gasteiger partial charge in [0.25, 0.3) is 5.91 Å². The van der Waals surface area contributed by atoms with E-state index in [1.54, 1.807) is 6.92 Å². The lowest BCUT2D eigenvalue weighted by Gasteiger charge is -2.20. The molecule has 2 heterocycles. The van der Waals surface area contributed by atoms with Crippen LogP contribution < -0.4 is 5.73 Å². The van der Waals surface area contributed by atoms with Gasteiger partial charge in [-0.1, -0.05) is 12.7 Å². The maximum Gasteiger partial charge on any atom is 0.357 e. The number of halogens is 1. The van der Waals surface area contributed by atoms with E-state index in [0.29, 0.717) is 0 Å². The van der Waals surface area contributed by atoms with Gasteiger partial charge in [0.15, 0.2) is 5.70 Å². The fraction of sp³-hybridized carbons (Fsp3) is 0.462. The third kappa shape index (κ3) is 3.13. The number of nitrogens with two attached hydrogens (primary N) is 1. The molecule has 2 rings (SSSR count). The predicted octanol–water partition coefficient (Wildman–Crippen LogP) is -0.645. The van der Waals surface area contributed by atoms with E-state index in [2.05, 4.69) is 6.58 Å². The maximum atomic E-state index is 12.1. The normalized spacial score (nSPS) is 20.5. The van der Waals surface area contributed by atoms with Crippen LogP contribution >= 0.6 is 12.4 Å². The second kappa shape index (κ2) is 7.39. The van der Waals surface area contributed by atoms with Crippen LogP contribution in [-0.4, -0.2) is 60.2 Å². The zero-order chi connectivity index (χ0) is 15.6. The molecule has 22 heavy (non-hydrogen) atoms. The van der Waals surface area contributed by atoms with Crippen molar-refractivity contribution in [1.29, 1.82) is 0 Å². The van der Waals surface area contributed by atoms with Crippen LogP contribution in [0.1, 0.15) is 6.92 Å². The van der Waals surface area contributed by atoms with Crippen molar-refractivity contribution in [2.75, 3.05) is 26.3 Å². The monoisotopic (exact) mass is 331 g/mol. The first-order valence-corrected chi connectivity index (χ1v) is 6.54. The third-order valence-electron chi connectivity index (χ3n) is 3.10. The zero-order valence-corrected chi connectivity index (χ0v) is 12.9. The highest BCUT2D eigenvalue weighted by Crippen LogP contribution is 2.30. The summed E-state index contributed by atoms with van der Waals surface area (Å²) in [5.74, 6) is -1.86. The van der Waals surface area contributed by atoms with Gasteiger partial charge in [0.05, 0.1) is 18.7 Å². The van der Waals surface area contributed by atoms with Gasteiger partial charge in [0, 0.05) is 6.54 Å². The van der Waals surface area contributed by atoms with E-state index in [9.17, 15) is 14.4 Å². The molecule has 0 spiro atoms. The SMILES string of the molecule is C=CCOC(=O)C1=C(C(=O)OCC)CN2CC(N)C(=O)N12.Cl. The lowest BCUT2D eigenvalue weighted by Crippen LogP contribution is -2.38. The van der Waals surface area contributed by atoms with Crippen LogP contribution in [0.3, 0.4) is 0 Å². The van der Waals surface area contributed by atoms with Crippen molar-refractivity contribution in [3.05, 3.63) is 23.9 Å². The molecule has 0 saturated carbocycles. The first-order valence-electron chi connectivity index (χ1n) is 6.54. The maximum absolute atomic E-state index is 12.1. The molecule has 0 aliphatic carbocycles. The van der Waals surface area contributed by atoms with Crippen molar-refractivity contribution >= 4 is 30.3 Å². The Labute approximate surface area is 133 Å². The van der Waals surface area contributed by atoms with Crippen molar-refractivity contribution in [2.24, 2.45) is 5.73 Å². The molecular weight excluding hydrogens is 314 g/mol. The van der Waals surface area contributed by atoms with Gasteiger partial charge in [-0.3, -0.25) is 4.79 Å². The van der Waals surface area contributed by atoms with E-state index in [1.165, 1.54) is 11.1 Å². The Balaban J connectivity index is 0.00000242. The molecule has 1 unspecified atom stereocenters. The van der Waals surface area contributed by atoms with Crippen molar-refractivity contribution in [2.45, 2.75) is 13.0 Å². The third-order valence-corrected chi connectivity index (χ3v) is 3.10. The molecule has 0 aromatic heterocycles. The summed E-state index contributed by atoms with van der Waals surface area (Å²) < 4.78 is 9.86. The number of amides is 1. The highest BCUT2D eigenvalue weighted by molar-refractivity contribution is 6.05. The number of nitrogens with zero attached hydrogens (tertiary/aromatic N) is 2. The van der Waals surface area contributed by atoms with Gasteiger partial charge in [-0.05, 0) is 6.92 Å². The Bertz CT molecular complexity index is 534. The molecule has 0 aromatic carbocycles. The number of carbonyl (C=O) groups excluding carboxylic acids is 3. The van der Waals surface area contributed by atoms with Crippen LogP contribution in [0.4, 0.5) is 0 Å². The molecule has 1 saturated heterocycles. The summed E-state index contributed by atoms with van der Waals surface area (Å²) in [5.41, 5.74) is 5.66. The van der Waals surface area contributed by atoms with Crippen LogP contribution in [0, 0.1) is 0 Å². The largest absolute Gasteiger partial charge is 0.463 e. The van der Waals surface area contributed by atoms with Gasteiger partial charge < -0.3 is 15.2 Å². The second-order valence-electron chi connectivity index (χ2n) is 4.54. The molecule has 122 valence electrons. The number of hydrogen-bond donors (Lipinski definition) is 1. The molecule has 8 nitrogen and oxygen atoms in total. The fourth-order valence-electron chi connectivity index (χ4n) is 2.25. The Morgan fingerprint density at radius 3 is 2.68 bits per heavy atom. The predicted molar refractivity (Wildman–Crippen MR) is 78.5 cm³/mol. The molecule has 1 amide bonds. The lowest BCUT2D eigenvalue weighted by atomic mass is 10.2. The van der Waals surface area contributed by atoms with E-state index < -0.39 is 23.9 Å². The molecule has 2 N–H and O–H groups in total. The second-order valence-corrected chi connectivity index (χ2v) is 4.54. The van der Waals surface area contributed by atoms with Crippen molar-refractivity contribution in [3.8, 4) is 0 Å².